The average molecular weight is 611 g/mol. The highest BCUT2D eigenvalue weighted by molar-refractivity contribution is 5.94. The van der Waals surface area contributed by atoms with Gasteiger partial charge < -0.3 is 9.47 Å². The van der Waals surface area contributed by atoms with Crippen LogP contribution in [0.15, 0.2) is 11.6 Å². The van der Waals surface area contributed by atoms with Crippen LogP contribution in [0.5, 0.6) is 0 Å². The van der Waals surface area contributed by atoms with Gasteiger partial charge in [0.1, 0.15) is 0 Å². The predicted molar refractivity (Wildman–Crippen MR) is 183 cm³/mol. The molecule has 3 saturated carbocycles. The van der Waals surface area contributed by atoms with Crippen molar-refractivity contribution in [1.82, 2.24) is 0 Å². The molecule has 0 amide bonds. The molecule has 4 fully saturated rings. The van der Waals surface area contributed by atoms with E-state index in [1.807, 2.05) is 0 Å². The summed E-state index contributed by atoms with van der Waals surface area (Å²) in [6.07, 6.45) is 14.2. The van der Waals surface area contributed by atoms with Gasteiger partial charge in [-0.3, -0.25) is 4.79 Å². The number of carbonyl (C=O) groups excluding carboxylic acids is 1. The molecule has 5 aliphatic rings. The SMILES string of the molecule is CCC1OC(O[C@H](CCC(C)(C)C)C(C)(C)[C@H]2CC[C@@]3(C)C4=CC(=O)[C@@H]5C[C@@H](C)CC[C@]5(C)C4CC[C@]23C)C(C)C(C)C1C. The molecule has 1 saturated heterocycles. The Hall–Kier alpha value is -0.670. The Bertz CT molecular complexity index is 1100. The third-order valence-electron chi connectivity index (χ3n) is 15.5. The molecule has 44 heavy (non-hydrogen) atoms. The van der Waals surface area contributed by atoms with Crippen molar-refractivity contribution < 1.29 is 14.3 Å². The molecule has 0 radical (unpaired) electrons. The molecule has 6 unspecified atom stereocenters. The van der Waals surface area contributed by atoms with E-state index in [0.717, 1.165) is 25.7 Å². The van der Waals surface area contributed by atoms with Crippen LogP contribution in [0, 0.1) is 68.5 Å². The fourth-order valence-electron chi connectivity index (χ4n) is 11.8. The van der Waals surface area contributed by atoms with E-state index in [1.165, 1.54) is 44.1 Å². The Kier molecular flexibility index (Phi) is 9.28. The highest BCUT2D eigenvalue weighted by atomic mass is 16.7. The average Bonchev–Trinajstić information content (AvgIpc) is 3.23. The largest absolute Gasteiger partial charge is 0.349 e. The summed E-state index contributed by atoms with van der Waals surface area (Å²) in [6, 6.07) is 0. The molecule has 0 spiro atoms. The first-order valence-electron chi connectivity index (χ1n) is 18.9. The number of allylic oxidation sites excluding steroid dienone is 2. The molecule has 0 aromatic heterocycles. The standard InChI is InChI=1S/C41H70O3/c1-14-33-27(4)26(3)28(5)36(43-33)44-35(18-19-37(6,7)8)38(9,10)34-17-22-40(12)30-24-32(42)31-23-25(2)15-20-39(31,11)29(30)16-21-41(34,40)13/h24-29,31,33-36H,14-23H2,1-13H3/t25-,26?,27?,28?,29?,31-,33?,34+,35+,36?,39+,40-,41+/m0/s1. The Balaban J connectivity index is 1.46. The van der Waals surface area contributed by atoms with Crippen LogP contribution in [0.3, 0.4) is 0 Å². The molecular formula is C41H70O3. The molecule has 252 valence electrons. The molecule has 0 aromatic rings. The molecule has 1 heterocycles. The summed E-state index contributed by atoms with van der Waals surface area (Å²) >= 11 is 0. The summed E-state index contributed by atoms with van der Waals surface area (Å²) < 4.78 is 14.1. The van der Waals surface area contributed by atoms with Gasteiger partial charge in [-0.15, -0.1) is 0 Å². The van der Waals surface area contributed by atoms with Crippen LogP contribution in [0.1, 0.15) is 154 Å². The summed E-state index contributed by atoms with van der Waals surface area (Å²) in [5.41, 5.74) is 2.15. The minimum Gasteiger partial charge on any atom is -0.349 e. The fraction of sp³-hybridized carbons (Fsp3) is 0.927. The van der Waals surface area contributed by atoms with Gasteiger partial charge in [0.15, 0.2) is 12.1 Å². The lowest BCUT2D eigenvalue weighted by molar-refractivity contribution is -0.283. The van der Waals surface area contributed by atoms with Crippen LogP contribution in [0.2, 0.25) is 0 Å². The highest BCUT2D eigenvalue weighted by Gasteiger charge is 2.66. The van der Waals surface area contributed by atoms with Crippen LogP contribution >= 0.6 is 0 Å². The minimum atomic E-state index is -0.143. The first-order valence-corrected chi connectivity index (χ1v) is 18.9. The Morgan fingerprint density at radius 2 is 1.59 bits per heavy atom. The molecular weight excluding hydrogens is 540 g/mol. The van der Waals surface area contributed by atoms with Crippen molar-refractivity contribution in [3.8, 4) is 0 Å². The van der Waals surface area contributed by atoms with Crippen molar-refractivity contribution in [3.63, 3.8) is 0 Å². The van der Waals surface area contributed by atoms with E-state index in [0.29, 0.717) is 41.3 Å². The van der Waals surface area contributed by atoms with Gasteiger partial charge in [0.2, 0.25) is 0 Å². The maximum Gasteiger partial charge on any atom is 0.161 e. The number of ketones is 1. The van der Waals surface area contributed by atoms with Crippen LogP contribution in [-0.4, -0.2) is 24.3 Å². The van der Waals surface area contributed by atoms with Crippen molar-refractivity contribution in [1.29, 1.82) is 0 Å². The number of carbonyl (C=O) groups is 1. The molecule has 4 aliphatic carbocycles. The lowest BCUT2D eigenvalue weighted by Crippen LogP contribution is -2.57. The van der Waals surface area contributed by atoms with Crippen molar-refractivity contribution in [2.24, 2.45) is 68.5 Å². The number of rotatable bonds is 7. The van der Waals surface area contributed by atoms with Gasteiger partial charge in [-0.2, -0.15) is 0 Å². The maximum absolute atomic E-state index is 13.9. The maximum atomic E-state index is 13.9. The molecule has 0 bridgehead atoms. The zero-order valence-electron chi connectivity index (χ0n) is 31.1. The lowest BCUT2D eigenvalue weighted by atomic mass is 9.42. The zero-order valence-corrected chi connectivity index (χ0v) is 31.1. The second kappa shape index (κ2) is 11.8. The number of fused-ring (bicyclic) bond motifs is 5. The first-order chi connectivity index (χ1) is 20.3. The number of hydrogen-bond acceptors (Lipinski definition) is 3. The van der Waals surface area contributed by atoms with E-state index in [9.17, 15) is 4.79 Å². The van der Waals surface area contributed by atoms with Crippen LogP contribution in [-0.2, 0) is 14.3 Å². The number of hydrogen-bond donors (Lipinski definition) is 0. The van der Waals surface area contributed by atoms with Gasteiger partial charge in [-0.05, 0) is 121 Å². The van der Waals surface area contributed by atoms with Crippen LogP contribution in [0.25, 0.3) is 0 Å². The first kappa shape index (κ1) is 34.7. The van der Waals surface area contributed by atoms with Gasteiger partial charge in [-0.1, -0.05) is 102 Å². The van der Waals surface area contributed by atoms with Crippen molar-refractivity contribution in [3.05, 3.63) is 11.6 Å². The highest BCUT2D eigenvalue weighted by Crippen LogP contribution is 2.73. The number of ether oxygens (including phenoxy) is 2. The fourth-order valence-corrected chi connectivity index (χ4v) is 11.8. The summed E-state index contributed by atoms with van der Waals surface area (Å²) in [7, 11) is 0. The van der Waals surface area contributed by atoms with E-state index in [1.54, 1.807) is 0 Å². The zero-order chi connectivity index (χ0) is 32.6. The van der Waals surface area contributed by atoms with E-state index < -0.39 is 0 Å². The van der Waals surface area contributed by atoms with Gasteiger partial charge in [0, 0.05) is 11.8 Å². The Morgan fingerprint density at radius 3 is 2.23 bits per heavy atom. The van der Waals surface area contributed by atoms with Crippen LogP contribution < -0.4 is 0 Å². The van der Waals surface area contributed by atoms with Gasteiger partial charge in [-0.25, -0.2) is 0 Å². The quantitative estimate of drug-likeness (QED) is 0.288. The third kappa shape index (κ3) is 5.52. The monoisotopic (exact) mass is 611 g/mol. The van der Waals surface area contributed by atoms with Gasteiger partial charge in [0.05, 0.1) is 12.2 Å². The predicted octanol–water partition coefficient (Wildman–Crippen LogP) is 11.1. The Morgan fingerprint density at radius 1 is 0.909 bits per heavy atom. The molecule has 1 aliphatic heterocycles. The molecule has 0 N–H and O–H groups in total. The summed E-state index contributed by atoms with van der Waals surface area (Å²) in [5, 5.41) is 0. The summed E-state index contributed by atoms with van der Waals surface area (Å²) in [5.74, 6) is 3.97. The molecule has 0 aromatic carbocycles. The second-order valence-electron chi connectivity index (χ2n) is 19.4. The van der Waals surface area contributed by atoms with Crippen molar-refractivity contribution >= 4 is 5.78 Å². The lowest BCUT2D eigenvalue weighted by Gasteiger charge is -2.62. The van der Waals surface area contributed by atoms with E-state index in [-0.39, 0.29) is 51.5 Å². The van der Waals surface area contributed by atoms with Gasteiger partial charge >= 0.3 is 0 Å². The topological polar surface area (TPSA) is 35.5 Å². The van der Waals surface area contributed by atoms with E-state index >= 15 is 0 Å². The Labute approximate surface area is 272 Å². The second-order valence-corrected chi connectivity index (χ2v) is 19.4. The minimum absolute atomic E-state index is 0.00632. The summed E-state index contributed by atoms with van der Waals surface area (Å²) in [4.78, 5) is 13.9. The van der Waals surface area contributed by atoms with Crippen LogP contribution in [0.4, 0.5) is 0 Å². The summed E-state index contributed by atoms with van der Waals surface area (Å²) in [6.45, 7) is 31.6. The molecule has 3 nitrogen and oxygen atoms in total. The third-order valence-corrected chi connectivity index (χ3v) is 15.5. The molecule has 5 rings (SSSR count). The van der Waals surface area contributed by atoms with E-state index in [2.05, 4.69) is 96.1 Å². The van der Waals surface area contributed by atoms with Crippen molar-refractivity contribution in [2.75, 3.05) is 0 Å². The van der Waals surface area contributed by atoms with Gasteiger partial charge in [0.25, 0.3) is 0 Å². The normalized spacial score (nSPS) is 47.0. The smallest absolute Gasteiger partial charge is 0.161 e. The van der Waals surface area contributed by atoms with E-state index in [4.69, 9.17) is 9.47 Å². The van der Waals surface area contributed by atoms with Crippen molar-refractivity contribution in [2.45, 2.75) is 173 Å². The molecule has 13 atom stereocenters. The molecule has 3 heteroatoms.